The molecule has 152 valence electrons. The molecule has 1 amide bonds. The number of para-hydroxylation sites is 3. The van der Waals surface area contributed by atoms with Gasteiger partial charge in [-0.2, -0.15) is 0 Å². The van der Waals surface area contributed by atoms with Crippen molar-refractivity contribution in [3.05, 3.63) is 48.0 Å². The van der Waals surface area contributed by atoms with Gasteiger partial charge in [-0.05, 0) is 31.2 Å². The summed E-state index contributed by atoms with van der Waals surface area (Å²) in [6, 6.07) is 13.6. The highest BCUT2D eigenvalue weighted by Gasteiger charge is 2.32. The SMILES string of the molecule is COCC(=O)N1CCN(C2=Nc3ccccc3Oc3c(OC)cccc32)C[C@H]1C. The van der Waals surface area contributed by atoms with Crippen LogP contribution in [0.15, 0.2) is 47.5 Å². The number of carbonyl (C=O) groups is 1. The minimum Gasteiger partial charge on any atom is -0.493 e. The number of carbonyl (C=O) groups excluding carboxylic acids is 1. The highest BCUT2D eigenvalue weighted by Crippen LogP contribution is 2.42. The van der Waals surface area contributed by atoms with Gasteiger partial charge in [0.2, 0.25) is 5.91 Å². The van der Waals surface area contributed by atoms with Crippen LogP contribution in [0.1, 0.15) is 12.5 Å². The quantitative estimate of drug-likeness (QED) is 0.799. The van der Waals surface area contributed by atoms with Crippen LogP contribution >= 0.6 is 0 Å². The summed E-state index contributed by atoms with van der Waals surface area (Å²) in [5, 5.41) is 0. The van der Waals surface area contributed by atoms with E-state index in [1.165, 1.54) is 0 Å². The van der Waals surface area contributed by atoms with Gasteiger partial charge in [0, 0.05) is 32.8 Å². The minimum absolute atomic E-state index is 0.0122. The smallest absolute Gasteiger partial charge is 0.248 e. The Hall–Kier alpha value is -3.06. The first-order valence-electron chi connectivity index (χ1n) is 9.68. The summed E-state index contributed by atoms with van der Waals surface area (Å²) in [5.41, 5.74) is 1.65. The highest BCUT2D eigenvalue weighted by atomic mass is 16.5. The van der Waals surface area contributed by atoms with Crippen molar-refractivity contribution < 1.29 is 19.0 Å². The first-order chi connectivity index (χ1) is 14.1. The number of piperazine rings is 1. The van der Waals surface area contributed by atoms with E-state index in [2.05, 4.69) is 4.90 Å². The first-order valence-corrected chi connectivity index (χ1v) is 9.68. The molecular weight excluding hydrogens is 370 g/mol. The summed E-state index contributed by atoms with van der Waals surface area (Å²) < 4.78 is 16.8. The first kappa shape index (κ1) is 19.3. The van der Waals surface area contributed by atoms with Crippen molar-refractivity contribution in [3.8, 4) is 17.2 Å². The van der Waals surface area contributed by atoms with Gasteiger partial charge in [0.1, 0.15) is 18.1 Å². The van der Waals surface area contributed by atoms with Crippen molar-refractivity contribution >= 4 is 17.4 Å². The molecule has 2 aliphatic heterocycles. The summed E-state index contributed by atoms with van der Waals surface area (Å²) in [5.74, 6) is 2.85. The molecule has 0 N–H and O–H groups in total. The van der Waals surface area contributed by atoms with Crippen LogP contribution in [0.3, 0.4) is 0 Å². The third kappa shape index (κ3) is 3.65. The lowest BCUT2D eigenvalue weighted by Gasteiger charge is -2.41. The second-order valence-corrected chi connectivity index (χ2v) is 7.16. The number of aliphatic imine (C=N–C) groups is 1. The number of hydrogen-bond acceptors (Lipinski definition) is 6. The Kier molecular flexibility index (Phi) is 5.40. The fraction of sp³-hybridized carbons (Fsp3) is 0.364. The maximum atomic E-state index is 12.3. The van der Waals surface area contributed by atoms with Crippen LogP contribution in [-0.2, 0) is 9.53 Å². The standard InChI is InChI=1S/C22H25N3O4/c1-15-13-24(11-12-25(15)20(26)14-27-2)22-16-7-6-10-19(28-3)21(16)29-18-9-5-4-8-17(18)23-22/h4-10,15H,11-14H2,1-3H3/t15-/m1/s1. The van der Waals surface area contributed by atoms with Gasteiger partial charge < -0.3 is 24.0 Å². The number of amidine groups is 1. The number of amides is 1. The molecule has 7 nitrogen and oxygen atoms in total. The number of rotatable bonds is 3. The van der Waals surface area contributed by atoms with Crippen LogP contribution < -0.4 is 9.47 Å². The van der Waals surface area contributed by atoms with Crippen LogP contribution in [0.25, 0.3) is 0 Å². The number of methoxy groups -OCH3 is 2. The molecule has 0 radical (unpaired) electrons. The second kappa shape index (κ2) is 8.13. The molecule has 1 atom stereocenters. The van der Waals surface area contributed by atoms with Gasteiger partial charge in [0.25, 0.3) is 0 Å². The third-order valence-electron chi connectivity index (χ3n) is 5.26. The predicted octanol–water partition coefficient (Wildman–Crippen LogP) is 3.06. The summed E-state index contributed by atoms with van der Waals surface area (Å²) >= 11 is 0. The zero-order valence-corrected chi connectivity index (χ0v) is 16.9. The van der Waals surface area contributed by atoms with E-state index < -0.39 is 0 Å². The summed E-state index contributed by atoms with van der Waals surface area (Å²) in [4.78, 5) is 21.3. The molecule has 2 aromatic carbocycles. The van der Waals surface area contributed by atoms with E-state index >= 15 is 0 Å². The number of ether oxygens (including phenoxy) is 3. The molecule has 0 spiro atoms. The van der Waals surface area contributed by atoms with Gasteiger partial charge >= 0.3 is 0 Å². The monoisotopic (exact) mass is 395 g/mol. The van der Waals surface area contributed by atoms with Crippen LogP contribution in [0.2, 0.25) is 0 Å². The van der Waals surface area contributed by atoms with Crippen LogP contribution in [-0.4, -0.2) is 68.0 Å². The van der Waals surface area contributed by atoms with Crippen molar-refractivity contribution in [2.45, 2.75) is 13.0 Å². The lowest BCUT2D eigenvalue weighted by atomic mass is 10.1. The molecule has 0 aromatic heterocycles. The summed E-state index contributed by atoms with van der Waals surface area (Å²) in [6.45, 7) is 4.12. The van der Waals surface area contributed by atoms with E-state index in [1.54, 1.807) is 14.2 Å². The average Bonchev–Trinajstić information content (AvgIpc) is 2.90. The van der Waals surface area contributed by atoms with E-state index in [9.17, 15) is 4.79 Å². The fourth-order valence-corrected chi connectivity index (χ4v) is 3.85. The number of fused-ring (bicyclic) bond motifs is 2. The van der Waals surface area contributed by atoms with E-state index in [-0.39, 0.29) is 18.6 Å². The summed E-state index contributed by atoms with van der Waals surface area (Å²) in [7, 11) is 3.18. The Morgan fingerprint density at radius 2 is 2.00 bits per heavy atom. The van der Waals surface area contributed by atoms with E-state index in [4.69, 9.17) is 19.2 Å². The van der Waals surface area contributed by atoms with Crippen LogP contribution in [0, 0.1) is 0 Å². The van der Waals surface area contributed by atoms with Crippen LogP contribution in [0.4, 0.5) is 5.69 Å². The van der Waals surface area contributed by atoms with Crippen molar-refractivity contribution in [3.63, 3.8) is 0 Å². The lowest BCUT2D eigenvalue weighted by molar-refractivity contribution is -0.138. The molecule has 7 heteroatoms. The molecule has 0 aliphatic carbocycles. The van der Waals surface area contributed by atoms with Gasteiger partial charge in [0.15, 0.2) is 17.2 Å². The Morgan fingerprint density at radius 1 is 1.17 bits per heavy atom. The Labute approximate surface area is 170 Å². The zero-order chi connectivity index (χ0) is 20.4. The molecule has 29 heavy (non-hydrogen) atoms. The van der Waals surface area contributed by atoms with Crippen molar-refractivity contribution in [2.24, 2.45) is 4.99 Å². The van der Waals surface area contributed by atoms with Crippen molar-refractivity contribution in [2.75, 3.05) is 40.5 Å². The normalized spacial score (nSPS) is 18.2. The van der Waals surface area contributed by atoms with Gasteiger partial charge in [-0.15, -0.1) is 0 Å². The van der Waals surface area contributed by atoms with Gasteiger partial charge in [-0.1, -0.05) is 18.2 Å². The number of benzene rings is 2. The predicted molar refractivity (Wildman–Crippen MR) is 110 cm³/mol. The zero-order valence-electron chi connectivity index (χ0n) is 16.9. The van der Waals surface area contributed by atoms with E-state index in [0.29, 0.717) is 36.9 Å². The van der Waals surface area contributed by atoms with Crippen LogP contribution in [0.5, 0.6) is 17.2 Å². The fourth-order valence-electron chi connectivity index (χ4n) is 3.85. The molecule has 0 unspecified atom stereocenters. The van der Waals surface area contributed by atoms with E-state index in [0.717, 1.165) is 17.1 Å². The van der Waals surface area contributed by atoms with Gasteiger partial charge in [-0.25, -0.2) is 4.99 Å². The highest BCUT2D eigenvalue weighted by molar-refractivity contribution is 6.04. The molecular formula is C22H25N3O4. The Bertz CT molecular complexity index is 943. The Balaban J connectivity index is 1.72. The van der Waals surface area contributed by atoms with Gasteiger partial charge in [0.05, 0.1) is 12.7 Å². The average molecular weight is 395 g/mol. The lowest BCUT2D eigenvalue weighted by Crippen LogP contribution is -2.56. The molecule has 4 rings (SSSR count). The molecule has 2 aliphatic rings. The second-order valence-electron chi connectivity index (χ2n) is 7.16. The molecule has 2 aromatic rings. The van der Waals surface area contributed by atoms with Gasteiger partial charge in [-0.3, -0.25) is 4.79 Å². The summed E-state index contributed by atoms with van der Waals surface area (Å²) in [6.07, 6.45) is 0. The van der Waals surface area contributed by atoms with E-state index in [1.807, 2.05) is 54.3 Å². The third-order valence-corrected chi connectivity index (χ3v) is 5.26. The molecule has 1 fully saturated rings. The largest absolute Gasteiger partial charge is 0.493 e. The number of hydrogen-bond donors (Lipinski definition) is 0. The maximum absolute atomic E-state index is 12.3. The Morgan fingerprint density at radius 3 is 2.76 bits per heavy atom. The minimum atomic E-state index is 0.0122. The molecule has 0 bridgehead atoms. The molecule has 0 saturated carbocycles. The molecule has 1 saturated heterocycles. The maximum Gasteiger partial charge on any atom is 0.248 e. The van der Waals surface area contributed by atoms with Crippen molar-refractivity contribution in [1.82, 2.24) is 9.80 Å². The topological polar surface area (TPSA) is 63.6 Å². The number of nitrogens with zero attached hydrogens (tertiary/aromatic N) is 3. The van der Waals surface area contributed by atoms with Crippen molar-refractivity contribution in [1.29, 1.82) is 0 Å². The molecule has 2 heterocycles.